The molecule has 0 spiro atoms. The van der Waals surface area contributed by atoms with E-state index in [1.807, 2.05) is 5.92 Å². The number of carbonyl (C=O) groups is 2. The normalized spacial score (nSPS) is 9.52. The van der Waals surface area contributed by atoms with Gasteiger partial charge in [-0.05, 0) is 53.8 Å². The monoisotopic (exact) mass is 490 g/mol. The summed E-state index contributed by atoms with van der Waals surface area (Å²) in [5.41, 5.74) is 0. The summed E-state index contributed by atoms with van der Waals surface area (Å²) in [7, 11) is -5.29. The van der Waals surface area contributed by atoms with Crippen molar-refractivity contribution in [1.82, 2.24) is 0 Å². The largest absolute Gasteiger partial charge is 1.00 e. The summed E-state index contributed by atoms with van der Waals surface area (Å²) in [6, 6.07) is 0. The van der Waals surface area contributed by atoms with Crippen LogP contribution in [0.5, 0.6) is 0 Å². The van der Waals surface area contributed by atoms with Crippen molar-refractivity contribution in [3.63, 3.8) is 0 Å². The van der Waals surface area contributed by atoms with Crippen LogP contribution in [0.3, 0.4) is 0 Å². The van der Waals surface area contributed by atoms with Crippen molar-refractivity contribution in [2.75, 3.05) is 13.2 Å². The molecular weight excluding hydrogens is 469 g/mol. The molecule has 0 amide bonds. The van der Waals surface area contributed by atoms with Crippen molar-refractivity contribution >= 4 is 19.8 Å². The molecule has 0 aliphatic carbocycles. The topological polar surface area (TPSA) is 125 Å². The average Bonchev–Trinajstić information content (AvgIpc) is 2.71. The van der Waals surface area contributed by atoms with Crippen LogP contribution in [0.1, 0.15) is 45.4 Å². The van der Waals surface area contributed by atoms with Gasteiger partial charge < -0.3 is 28.3 Å². The smallest absolute Gasteiger partial charge is 0.790 e. The predicted molar refractivity (Wildman–Crippen MR) is 108 cm³/mol. The van der Waals surface area contributed by atoms with Crippen molar-refractivity contribution in [3.05, 3.63) is 0 Å². The minimum Gasteiger partial charge on any atom is -0.790 e. The molecule has 0 rings (SSSR count). The molecule has 0 saturated carbocycles. The molecule has 0 aromatic carbocycles. The van der Waals surface area contributed by atoms with E-state index in [0.717, 1.165) is 25.7 Å². The van der Waals surface area contributed by atoms with E-state index < -0.39 is 39.1 Å². The van der Waals surface area contributed by atoms with Gasteiger partial charge in [-0.1, -0.05) is 32.6 Å². The van der Waals surface area contributed by atoms with Crippen LogP contribution in [0.15, 0.2) is 0 Å². The summed E-state index contributed by atoms with van der Waals surface area (Å²) in [4.78, 5) is 44.8. The number of ether oxygens (including phenoxy) is 2. The molecule has 0 aromatic rings. The molecule has 0 aliphatic heterocycles. The van der Waals surface area contributed by atoms with Gasteiger partial charge in [0.2, 0.25) is 0 Å². The summed E-state index contributed by atoms with van der Waals surface area (Å²) in [5, 5.41) is 0. The van der Waals surface area contributed by atoms with Crippen molar-refractivity contribution in [3.8, 4) is 59.7 Å². The van der Waals surface area contributed by atoms with Gasteiger partial charge in [0, 0.05) is 12.3 Å². The van der Waals surface area contributed by atoms with E-state index in [2.05, 4.69) is 58.8 Å². The van der Waals surface area contributed by atoms with Crippen molar-refractivity contribution in [2.24, 2.45) is 0 Å². The van der Waals surface area contributed by atoms with Crippen LogP contribution >= 0.6 is 7.82 Å². The second-order valence-electron chi connectivity index (χ2n) is 5.76. The SMILES string of the molecule is C#CC#CC#CC#CC#CC(=O)OC[C@@H](COP(=O)([O-])[O-])OC(=O)CCCCCCC.[Na+].[Na+]. The Kier molecular flexibility index (Phi) is 26.5. The molecule has 1 atom stereocenters. The molecular formula is C22H21Na2O8P. The number of rotatable bonds is 12. The molecule has 0 aromatic heterocycles. The summed E-state index contributed by atoms with van der Waals surface area (Å²) in [5.74, 6) is 18.5. The number of hydrogen-bond donors (Lipinski definition) is 0. The van der Waals surface area contributed by atoms with Gasteiger partial charge in [-0.2, -0.15) is 0 Å². The summed E-state index contributed by atoms with van der Waals surface area (Å²) < 4.78 is 24.6. The van der Waals surface area contributed by atoms with Crippen LogP contribution in [0.4, 0.5) is 0 Å². The van der Waals surface area contributed by atoms with Gasteiger partial charge >= 0.3 is 71.1 Å². The van der Waals surface area contributed by atoms with Gasteiger partial charge in [0.25, 0.3) is 0 Å². The van der Waals surface area contributed by atoms with E-state index in [1.165, 1.54) is 0 Å². The third kappa shape index (κ3) is 27.0. The summed E-state index contributed by atoms with van der Waals surface area (Å²) in [6.07, 6.45) is 8.24. The predicted octanol–water partition coefficient (Wildman–Crippen LogP) is -5.70. The number of phosphoric acid groups is 1. The Morgan fingerprint density at radius 1 is 0.909 bits per heavy atom. The molecule has 0 aliphatic rings. The summed E-state index contributed by atoms with van der Waals surface area (Å²) in [6.45, 7) is 0.735. The molecule has 0 fully saturated rings. The minimum atomic E-state index is -5.29. The molecule has 0 bridgehead atoms. The number of hydrogen-bond acceptors (Lipinski definition) is 8. The van der Waals surface area contributed by atoms with E-state index in [-0.39, 0.29) is 65.5 Å². The van der Waals surface area contributed by atoms with E-state index in [1.54, 1.807) is 0 Å². The average molecular weight is 490 g/mol. The summed E-state index contributed by atoms with van der Waals surface area (Å²) >= 11 is 0. The van der Waals surface area contributed by atoms with Gasteiger partial charge in [0.05, 0.1) is 14.4 Å². The molecule has 0 saturated heterocycles. The molecule has 0 radical (unpaired) electrons. The van der Waals surface area contributed by atoms with E-state index >= 15 is 0 Å². The number of terminal acetylenes is 1. The maximum absolute atomic E-state index is 11.9. The van der Waals surface area contributed by atoms with Crippen LogP contribution in [-0.4, -0.2) is 31.3 Å². The Morgan fingerprint density at radius 3 is 2.06 bits per heavy atom. The van der Waals surface area contributed by atoms with Gasteiger partial charge in [-0.3, -0.25) is 4.79 Å². The van der Waals surface area contributed by atoms with Crippen LogP contribution in [0, 0.1) is 59.7 Å². The van der Waals surface area contributed by atoms with Crippen LogP contribution < -0.4 is 68.9 Å². The molecule has 33 heavy (non-hydrogen) atoms. The van der Waals surface area contributed by atoms with Crippen LogP contribution in [-0.2, 0) is 28.2 Å². The van der Waals surface area contributed by atoms with E-state index in [4.69, 9.17) is 15.9 Å². The first kappa shape index (κ1) is 36.4. The number of carbonyl (C=O) groups excluding carboxylic acids is 2. The zero-order valence-corrected chi connectivity index (χ0v) is 23.9. The Morgan fingerprint density at radius 2 is 1.48 bits per heavy atom. The maximum Gasteiger partial charge on any atom is 1.00 e. The fraction of sp³-hybridized carbons (Fsp3) is 0.455. The first-order chi connectivity index (χ1) is 14.8. The van der Waals surface area contributed by atoms with E-state index in [0.29, 0.717) is 6.42 Å². The minimum absolute atomic E-state index is 0. The second kappa shape index (κ2) is 24.0. The Labute approximate surface area is 239 Å². The first-order valence-electron chi connectivity index (χ1n) is 9.28. The van der Waals surface area contributed by atoms with E-state index in [9.17, 15) is 23.9 Å². The molecule has 0 N–H and O–H groups in total. The standard InChI is InChI=1S/C22H23O8P.2Na/c1-3-5-7-9-10-11-13-14-16-21(23)28-18-20(19-29-31(25,26)27)30-22(24)17-15-12-8-6-4-2;;/h1,20H,4,6,8,12,15,17-19H2,2H3,(H2,25,26,27);;/q;2*+1/p-2/t20-;;/m0../s1. The third-order valence-corrected chi connectivity index (χ3v) is 3.68. The van der Waals surface area contributed by atoms with Gasteiger partial charge in [0.1, 0.15) is 6.61 Å². The third-order valence-electron chi connectivity index (χ3n) is 3.21. The quantitative estimate of drug-likeness (QED) is 0.0662. The number of phosphoric ester groups is 1. The van der Waals surface area contributed by atoms with Crippen molar-refractivity contribution in [2.45, 2.75) is 51.6 Å². The van der Waals surface area contributed by atoms with Gasteiger partial charge in [-0.15, -0.1) is 6.42 Å². The fourth-order valence-corrected chi connectivity index (χ4v) is 2.24. The number of esters is 2. The molecule has 0 unspecified atom stereocenters. The zero-order valence-electron chi connectivity index (χ0n) is 19.0. The van der Waals surface area contributed by atoms with Gasteiger partial charge in [-0.25, -0.2) is 4.79 Å². The van der Waals surface area contributed by atoms with Crippen molar-refractivity contribution < 1.29 is 97.1 Å². The zero-order chi connectivity index (χ0) is 23.4. The molecule has 164 valence electrons. The first-order valence-corrected chi connectivity index (χ1v) is 10.7. The molecule has 8 nitrogen and oxygen atoms in total. The second-order valence-corrected chi connectivity index (χ2v) is 6.91. The Bertz CT molecular complexity index is 936. The Balaban J connectivity index is -0.00000450. The maximum atomic E-state index is 11.9. The molecule has 11 heteroatoms. The Hall–Kier alpha value is -1.15. The molecule has 0 heterocycles. The van der Waals surface area contributed by atoms with Crippen LogP contribution in [0.2, 0.25) is 0 Å². The van der Waals surface area contributed by atoms with Crippen LogP contribution in [0.25, 0.3) is 0 Å². The fourth-order valence-electron chi connectivity index (χ4n) is 1.89. The van der Waals surface area contributed by atoms with Gasteiger partial charge in [0.15, 0.2) is 6.10 Å². The number of unbranched alkanes of at least 4 members (excludes halogenated alkanes) is 4. The van der Waals surface area contributed by atoms with Crippen molar-refractivity contribution in [1.29, 1.82) is 0 Å².